The third kappa shape index (κ3) is 4.49. The van der Waals surface area contributed by atoms with Crippen LogP contribution in [0, 0.1) is 6.92 Å². The van der Waals surface area contributed by atoms with Gasteiger partial charge in [0.15, 0.2) is 5.16 Å². The molecule has 5 heteroatoms. The van der Waals surface area contributed by atoms with Crippen molar-refractivity contribution in [1.29, 1.82) is 0 Å². The van der Waals surface area contributed by atoms with E-state index in [9.17, 15) is 4.79 Å². The van der Waals surface area contributed by atoms with Gasteiger partial charge in [-0.05, 0) is 32.0 Å². The zero-order chi connectivity index (χ0) is 18.4. The first-order valence-electron chi connectivity index (χ1n) is 8.56. The lowest BCUT2D eigenvalue weighted by molar-refractivity contribution is -0.116. The predicted molar refractivity (Wildman–Crippen MR) is 107 cm³/mol. The van der Waals surface area contributed by atoms with Crippen LogP contribution in [-0.2, 0) is 4.79 Å². The van der Waals surface area contributed by atoms with Crippen LogP contribution in [0.4, 0.5) is 5.69 Å². The Morgan fingerprint density at radius 1 is 1.00 bits per heavy atom. The number of nitrogens with zero attached hydrogens (tertiary/aromatic N) is 3. The summed E-state index contributed by atoms with van der Waals surface area (Å²) in [5.74, 6) is 0.357. The number of hydrogen-bond donors (Lipinski definition) is 0. The molecule has 0 saturated carbocycles. The molecule has 0 fully saturated rings. The number of thioether (sulfide) groups is 1. The molecular formula is C21H21N3OS. The summed E-state index contributed by atoms with van der Waals surface area (Å²) >= 11 is 1.38. The summed E-state index contributed by atoms with van der Waals surface area (Å²) in [6, 6.07) is 21.7. The van der Waals surface area contributed by atoms with E-state index < -0.39 is 0 Å². The van der Waals surface area contributed by atoms with Gasteiger partial charge in [0.05, 0.1) is 11.4 Å². The largest absolute Gasteiger partial charge is 0.312 e. The van der Waals surface area contributed by atoms with E-state index in [1.54, 1.807) is 4.90 Å². The molecule has 26 heavy (non-hydrogen) atoms. The summed E-state index contributed by atoms with van der Waals surface area (Å²) < 4.78 is 0. The first-order valence-corrected chi connectivity index (χ1v) is 9.55. The second-order valence-electron chi connectivity index (χ2n) is 5.81. The second kappa shape index (κ2) is 8.63. The fraction of sp³-hybridized carbons (Fsp3) is 0.190. The van der Waals surface area contributed by atoms with Crippen LogP contribution >= 0.6 is 11.8 Å². The zero-order valence-electron chi connectivity index (χ0n) is 14.9. The summed E-state index contributed by atoms with van der Waals surface area (Å²) in [7, 11) is 0. The molecule has 4 nitrogen and oxygen atoms in total. The van der Waals surface area contributed by atoms with Crippen molar-refractivity contribution in [3.63, 3.8) is 0 Å². The number of amides is 1. The fourth-order valence-electron chi connectivity index (χ4n) is 2.68. The molecule has 0 radical (unpaired) electrons. The SMILES string of the molecule is CCN(C(=O)CSc1nc(C)cc(-c2ccccc2)n1)c1ccccc1. The number of para-hydroxylation sites is 1. The summed E-state index contributed by atoms with van der Waals surface area (Å²) in [6.07, 6.45) is 0. The third-order valence-corrected chi connectivity index (χ3v) is 4.75. The average molecular weight is 363 g/mol. The van der Waals surface area contributed by atoms with E-state index in [4.69, 9.17) is 0 Å². The molecule has 0 bridgehead atoms. The summed E-state index contributed by atoms with van der Waals surface area (Å²) in [4.78, 5) is 23.5. The Kier molecular flexibility index (Phi) is 6.02. The van der Waals surface area contributed by atoms with Crippen LogP contribution in [-0.4, -0.2) is 28.2 Å². The molecule has 0 unspecified atom stereocenters. The Morgan fingerprint density at radius 2 is 1.65 bits per heavy atom. The molecule has 0 aliphatic rings. The van der Waals surface area contributed by atoms with Gasteiger partial charge in [-0.15, -0.1) is 0 Å². The van der Waals surface area contributed by atoms with Crippen LogP contribution in [0.15, 0.2) is 71.9 Å². The third-order valence-electron chi connectivity index (χ3n) is 3.91. The Hall–Kier alpha value is -2.66. The lowest BCUT2D eigenvalue weighted by Crippen LogP contribution is -2.32. The van der Waals surface area contributed by atoms with Gasteiger partial charge in [-0.2, -0.15) is 0 Å². The number of aromatic nitrogens is 2. The molecule has 3 aromatic rings. The van der Waals surface area contributed by atoms with E-state index >= 15 is 0 Å². The van der Waals surface area contributed by atoms with E-state index in [0.717, 1.165) is 22.6 Å². The molecular weight excluding hydrogens is 342 g/mol. The molecule has 1 heterocycles. The van der Waals surface area contributed by atoms with Gasteiger partial charge in [-0.1, -0.05) is 60.3 Å². The van der Waals surface area contributed by atoms with Gasteiger partial charge in [0, 0.05) is 23.5 Å². The molecule has 1 aromatic heterocycles. The highest BCUT2D eigenvalue weighted by molar-refractivity contribution is 7.99. The standard InChI is InChI=1S/C21H21N3OS/c1-3-24(18-12-8-5-9-13-18)20(25)15-26-21-22-16(2)14-19(23-21)17-10-6-4-7-11-17/h4-14H,3,15H2,1-2H3. The molecule has 2 aromatic carbocycles. The van der Waals surface area contributed by atoms with Gasteiger partial charge in [0.1, 0.15) is 0 Å². The van der Waals surface area contributed by atoms with Crippen LogP contribution in [0.3, 0.4) is 0 Å². The normalized spacial score (nSPS) is 10.5. The number of anilines is 1. The van der Waals surface area contributed by atoms with Crippen LogP contribution in [0.1, 0.15) is 12.6 Å². The van der Waals surface area contributed by atoms with Gasteiger partial charge in [0.25, 0.3) is 0 Å². The Bertz CT molecular complexity index is 869. The lowest BCUT2D eigenvalue weighted by atomic mass is 10.1. The number of rotatable bonds is 6. The van der Waals surface area contributed by atoms with Crippen LogP contribution < -0.4 is 4.90 Å². The van der Waals surface area contributed by atoms with Crippen molar-refractivity contribution in [1.82, 2.24) is 9.97 Å². The summed E-state index contributed by atoms with van der Waals surface area (Å²) in [6.45, 7) is 4.56. The van der Waals surface area contributed by atoms with E-state index in [1.165, 1.54) is 11.8 Å². The molecule has 132 valence electrons. The van der Waals surface area contributed by atoms with Crippen molar-refractivity contribution >= 4 is 23.4 Å². The maximum absolute atomic E-state index is 12.6. The molecule has 0 aliphatic heterocycles. The molecule has 0 atom stereocenters. The quantitative estimate of drug-likeness (QED) is 0.474. The van der Waals surface area contributed by atoms with Gasteiger partial charge < -0.3 is 4.90 Å². The Morgan fingerprint density at radius 3 is 2.31 bits per heavy atom. The van der Waals surface area contributed by atoms with E-state index in [1.807, 2.05) is 80.6 Å². The highest BCUT2D eigenvalue weighted by atomic mass is 32.2. The molecule has 3 rings (SSSR count). The van der Waals surface area contributed by atoms with Gasteiger partial charge in [-0.3, -0.25) is 4.79 Å². The first-order chi connectivity index (χ1) is 12.7. The Labute approximate surface area is 158 Å². The molecule has 0 saturated heterocycles. The molecule has 1 amide bonds. The monoisotopic (exact) mass is 363 g/mol. The lowest BCUT2D eigenvalue weighted by Gasteiger charge is -2.20. The number of aryl methyl sites for hydroxylation is 1. The van der Waals surface area contributed by atoms with Gasteiger partial charge in [0.2, 0.25) is 5.91 Å². The van der Waals surface area contributed by atoms with Crippen molar-refractivity contribution in [2.75, 3.05) is 17.2 Å². The fourth-order valence-corrected chi connectivity index (χ4v) is 3.46. The molecule has 0 spiro atoms. The van der Waals surface area contributed by atoms with E-state index in [-0.39, 0.29) is 5.91 Å². The number of carbonyl (C=O) groups excluding carboxylic acids is 1. The maximum atomic E-state index is 12.6. The van der Waals surface area contributed by atoms with Crippen molar-refractivity contribution in [3.8, 4) is 11.3 Å². The van der Waals surface area contributed by atoms with Crippen molar-refractivity contribution in [2.45, 2.75) is 19.0 Å². The molecule has 0 N–H and O–H groups in total. The number of hydrogen-bond acceptors (Lipinski definition) is 4. The maximum Gasteiger partial charge on any atom is 0.237 e. The van der Waals surface area contributed by atoms with E-state index in [0.29, 0.717) is 17.5 Å². The minimum absolute atomic E-state index is 0.0510. The first kappa shape index (κ1) is 18.1. The van der Waals surface area contributed by atoms with Crippen molar-refractivity contribution in [2.24, 2.45) is 0 Å². The summed E-state index contributed by atoms with van der Waals surface area (Å²) in [5.41, 5.74) is 3.73. The zero-order valence-corrected chi connectivity index (χ0v) is 15.7. The smallest absolute Gasteiger partial charge is 0.237 e. The highest BCUT2D eigenvalue weighted by Gasteiger charge is 2.15. The minimum Gasteiger partial charge on any atom is -0.312 e. The minimum atomic E-state index is 0.0510. The van der Waals surface area contributed by atoms with Crippen molar-refractivity contribution in [3.05, 3.63) is 72.4 Å². The average Bonchev–Trinajstić information content (AvgIpc) is 2.68. The predicted octanol–water partition coefficient (Wildman–Crippen LogP) is 4.60. The topological polar surface area (TPSA) is 46.1 Å². The van der Waals surface area contributed by atoms with Gasteiger partial charge in [-0.25, -0.2) is 9.97 Å². The van der Waals surface area contributed by atoms with Crippen LogP contribution in [0.25, 0.3) is 11.3 Å². The Balaban J connectivity index is 1.73. The van der Waals surface area contributed by atoms with E-state index in [2.05, 4.69) is 9.97 Å². The second-order valence-corrected chi connectivity index (χ2v) is 6.75. The molecule has 0 aliphatic carbocycles. The number of carbonyl (C=O) groups is 1. The highest BCUT2D eigenvalue weighted by Crippen LogP contribution is 2.22. The van der Waals surface area contributed by atoms with Crippen LogP contribution in [0.5, 0.6) is 0 Å². The number of benzene rings is 2. The van der Waals surface area contributed by atoms with Crippen LogP contribution in [0.2, 0.25) is 0 Å². The summed E-state index contributed by atoms with van der Waals surface area (Å²) in [5, 5.41) is 0.626. The van der Waals surface area contributed by atoms with Crippen molar-refractivity contribution < 1.29 is 4.79 Å². The van der Waals surface area contributed by atoms with Gasteiger partial charge >= 0.3 is 0 Å².